The maximum Gasteiger partial charge on any atom is 0.315 e. The number of nitrogens with two attached hydrogens (primary N) is 1. The molecule has 1 aromatic heterocycles. The van der Waals surface area contributed by atoms with Crippen LogP contribution in [-0.4, -0.2) is 47.1 Å². The number of nitrogens with zero attached hydrogens (tertiary/aromatic N) is 4. The van der Waals surface area contributed by atoms with Gasteiger partial charge >= 0.3 is 6.03 Å². The monoisotopic (exact) mass is 436 g/mol. The van der Waals surface area contributed by atoms with Gasteiger partial charge in [0.05, 0.1) is 5.69 Å². The predicted molar refractivity (Wildman–Crippen MR) is 129 cm³/mol. The Morgan fingerprint density at radius 2 is 1.75 bits per heavy atom. The number of aromatic nitrogens is 2. The van der Waals surface area contributed by atoms with Gasteiger partial charge in [-0.1, -0.05) is 29.8 Å². The smallest absolute Gasteiger partial charge is 0.315 e. The van der Waals surface area contributed by atoms with E-state index in [4.69, 9.17) is 15.7 Å². The second-order valence-corrected chi connectivity index (χ2v) is 9.50. The van der Waals surface area contributed by atoms with Gasteiger partial charge in [-0.3, -0.25) is 0 Å². The summed E-state index contributed by atoms with van der Waals surface area (Å²) >= 11 is 0. The number of anilines is 2. The number of rotatable bonds is 6. The van der Waals surface area contributed by atoms with Crippen LogP contribution in [0.4, 0.5) is 16.6 Å². The van der Waals surface area contributed by atoms with Gasteiger partial charge in [0.25, 0.3) is 0 Å². The molecule has 0 radical (unpaired) electrons. The van der Waals surface area contributed by atoms with Crippen molar-refractivity contribution in [1.82, 2.24) is 14.9 Å². The molecular weight excluding hydrogens is 400 g/mol. The molecule has 0 saturated heterocycles. The first kappa shape index (κ1) is 22.4. The molecule has 2 aliphatic rings. The van der Waals surface area contributed by atoms with Crippen molar-refractivity contribution in [1.29, 1.82) is 0 Å². The van der Waals surface area contributed by atoms with Crippen LogP contribution in [0.3, 0.4) is 0 Å². The first-order chi connectivity index (χ1) is 15.4. The number of amides is 2. The lowest BCUT2D eigenvalue weighted by atomic mass is 9.90. The van der Waals surface area contributed by atoms with Crippen LogP contribution in [0.2, 0.25) is 0 Å². The summed E-state index contributed by atoms with van der Waals surface area (Å²) in [5, 5.41) is 3.59. The van der Waals surface area contributed by atoms with Gasteiger partial charge in [0, 0.05) is 38.3 Å². The highest BCUT2D eigenvalue weighted by molar-refractivity contribution is 5.72. The number of carbonyl (C=O) groups is 1. The molecule has 7 nitrogen and oxygen atoms in total. The molecule has 3 N–H and O–H groups in total. The molecule has 7 heteroatoms. The van der Waals surface area contributed by atoms with Crippen molar-refractivity contribution < 1.29 is 4.79 Å². The Bertz CT molecular complexity index is 934. The number of primary amides is 1. The number of benzene rings is 1. The van der Waals surface area contributed by atoms with E-state index in [1.165, 1.54) is 29.7 Å². The van der Waals surface area contributed by atoms with E-state index < -0.39 is 0 Å². The Hall–Kier alpha value is -2.83. The maximum absolute atomic E-state index is 12.2. The summed E-state index contributed by atoms with van der Waals surface area (Å²) in [5.74, 6) is 1.79. The third-order valence-corrected chi connectivity index (χ3v) is 6.81. The van der Waals surface area contributed by atoms with Gasteiger partial charge in [-0.15, -0.1) is 0 Å². The molecule has 0 unspecified atom stereocenters. The normalized spacial score (nSPS) is 20.3. The lowest BCUT2D eigenvalue weighted by Gasteiger charge is -2.36. The summed E-state index contributed by atoms with van der Waals surface area (Å²) in [6.45, 7) is 2.64. The molecular formula is C25H36N6O. The zero-order valence-electron chi connectivity index (χ0n) is 19.6. The number of carbonyl (C=O) groups excluding carboxylic acids is 1. The van der Waals surface area contributed by atoms with Gasteiger partial charge < -0.3 is 20.9 Å². The summed E-state index contributed by atoms with van der Waals surface area (Å²) in [6.07, 6.45) is 8.32. The molecule has 1 saturated carbocycles. The topological polar surface area (TPSA) is 87.4 Å². The average Bonchev–Trinajstić information content (AvgIpc) is 2.78. The summed E-state index contributed by atoms with van der Waals surface area (Å²) in [6, 6.07) is 8.47. The van der Waals surface area contributed by atoms with Crippen LogP contribution >= 0.6 is 0 Å². The highest BCUT2D eigenvalue weighted by atomic mass is 16.2. The summed E-state index contributed by atoms with van der Waals surface area (Å²) in [5.41, 5.74) is 10.6. The molecule has 4 rings (SSSR count). The summed E-state index contributed by atoms with van der Waals surface area (Å²) in [7, 11) is 4.11. The third kappa shape index (κ3) is 5.14. The fourth-order valence-corrected chi connectivity index (χ4v) is 5.00. The van der Waals surface area contributed by atoms with Crippen molar-refractivity contribution in [2.75, 3.05) is 24.3 Å². The van der Waals surface area contributed by atoms with Crippen LogP contribution in [0.5, 0.6) is 0 Å². The van der Waals surface area contributed by atoms with Crippen LogP contribution in [0.1, 0.15) is 60.9 Å². The van der Waals surface area contributed by atoms with E-state index >= 15 is 0 Å². The maximum atomic E-state index is 12.2. The Morgan fingerprint density at radius 3 is 2.41 bits per heavy atom. The fraction of sp³-hybridized carbons (Fsp3) is 0.560. The van der Waals surface area contributed by atoms with Crippen LogP contribution in [-0.2, 0) is 19.4 Å². The molecule has 1 aromatic carbocycles. The number of hydrogen-bond donors (Lipinski definition) is 2. The van der Waals surface area contributed by atoms with Gasteiger partial charge in [0.1, 0.15) is 5.82 Å². The van der Waals surface area contributed by atoms with Crippen LogP contribution in [0, 0.1) is 6.92 Å². The number of hydrogen-bond acceptors (Lipinski definition) is 5. The molecule has 0 aliphatic heterocycles. The van der Waals surface area contributed by atoms with Gasteiger partial charge in [-0.2, -0.15) is 4.98 Å². The lowest BCUT2D eigenvalue weighted by molar-refractivity contribution is 0.156. The minimum absolute atomic E-state index is 0.175. The largest absolute Gasteiger partial charge is 0.362 e. The first-order valence-electron chi connectivity index (χ1n) is 11.9. The van der Waals surface area contributed by atoms with E-state index in [0.29, 0.717) is 12.6 Å². The van der Waals surface area contributed by atoms with E-state index in [0.717, 1.165) is 55.9 Å². The van der Waals surface area contributed by atoms with E-state index in [1.54, 1.807) is 0 Å². The van der Waals surface area contributed by atoms with Gasteiger partial charge in [-0.05, 0) is 63.9 Å². The highest BCUT2D eigenvalue weighted by Gasteiger charge is 2.29. The first-order valence-corrected chi connectivity index (χ1v) is 11.9. The van der Waals surface area contributed by atoms with Crippen molar-refractivity contribution in [3.8, 4) is 0 Å². The molecule has 0 atom stereocenters. The Kier molecular flexibility index (Phi) is 6.82. The summed E-state index contributed by atoms with van der Waals surface area (Å²) in [4.78, 5) is 25.8. The molecule has 0 bridgehead atoms. The standard InChI is InChI=1S/C25H36N6O/c1-17-8-10-18(11-9-17)16-31(24(26)32)20-14-12-19(13-15-20)27-25-28-22-7-5-4-6-21(22)23(29-25)30(2)3/h8-11,19-20H,4-7,12-16H2,1-3H3,(H2,26,32)(H,27,28,29). The van der Waals surface area contributed by atoms with Crippen LogP contribution < -0.4 is 16.0 Å². The van der Waals surface area contributed by atoms with E-state index in [9.17, 15) is 4.79 Å². The predicted octanol–water partition coefficient (Wildman–Crippen LogP) is 4.03. The number of aryl methyl sites for hydroxylation is 2. The number of urea groups is 1. The van der Waals surface area contributed by atoms with E-state index in [2.05, 4.69) is 55.5 Å². The minimum Gasteiger partial charge on any atom is -0.362 e. The van der Waals surface area contributed by atoms with E-state index in [-0.39, 0.29) is 12.1 Å². The second kappa shape index (κ2) is 9.76. The molecule has 0 spiro atoms. The van der Waals surface area contributed by atoms with Gasteiger partial charge in [0.15, 0.2) is 0 Å². The molecule has 172 valence electrons. The summed E-state index contributed by atoms with van der Waals surface area (Å²) < 4.78 is 0. The zero-order valence-corrected chi connectivity index (χ0v) is 19.6. The van der Waals surface area contributed by atoms with Crippen molar-refractivity contribution >= 4 is 17.8 Å². The zero-order chi connectivity index (χ0) is 22.7. The average molecular weight is 437 g/mol. The van der Waals surface area contributed by atoms with Crippen molar-refractivity contribution in [2.45, 2.75) is 76.9 Å². The SMILES string of the molecule is Cc1ccc(CN(C(N)=O)C2CCC(Nc3nc4c(c(N(C)C)n3)CCCC4)CC2)cc1. The highest BCUT2D eigenvalue weighted by Crippen LogP contribution is 2.30. The van der Waals surface area contributed by atoms with Crippen LogP contribution in [0.25, 0.3) is 0 Å². The molecule has 2 aliphatic carbocycles. The van der Waals surface area contributed by atoms with Gasteiger partial charge in [-0.25, -0.2) is 9.78 Å². The van der Waals surface area contributed by atoms with Crippen molar-refractivity contribution in [3.63, 3.8) is 0 Å². The lowest BCUT2D eigenvalue weighted by Crippen LogP contribution is -2.46. The fourth-order valence-electron chi connectivity index (χ4n) is 5.00. The molecule has 1 fully saturated rings. The van der Waals surface area contributed by atoms with Crippen LogP contribution in [0.15, 0.2) is 24.3 Å². The second-order valence-electron chi connectivity index (χ2n) is 9.50. The number of nitrogens with one attached hydrogen (secondary N) is 1. The van der Waals surface area contributed by atoms with Crippen molar-refractivity contribution in [2.24, 2.45) is 5.73 Å². The van der Waals surface area contributed by atoms with Crippen molar-refractivity contribution in [3.05, 3.63) is 46.6 Å². The minimum atomic E-state index is -0.337. The Morgan fingerprint density at radius 1 is 1.06 bits per heavy atom. The quantitative estimate of drug-likeness (QED) is 0.714. The molecule has 32 heavy (non-hydrogen) atoms. The Balaban J connectivity index is 1.39. The molecule has 2 amide bonds. The molecule has 2 aromatic rings. The Labute approximate surface area is 191 Å². The third-order valence-electron chi connectivity index (χ3n) is 6.81. The molecule has 1 heterocycles. The van der Waals surface area contributed by atoms with Gasteiger partial charge in [0.2, 0.25) is 5.95 Å². The number of fused-ring (bicyclic) bond motifs is 1. The van der Waals surface area contributed by atoms with E-state index in [1.807, 2.05) is 4.90 Å².